The van der Waals surface area contributed by atoms with Crippen molar-refractivity contribution in [3.05, 3.63) is 41.7 Å². The summed E-state index contributed by atoms with van der Waals surface area (Å²) >= 11 is 0. The van der Waals surface area contributed by atoms with Gasteiger partial charge in [0, 0.05) is 19.2 Å². The molecular weight excluding hydrogens is 281 g/mol. The Kier molecular flexibility index (Phi) is 4.23. The zero-order chi connectivity index (χ0) is 14.8. The molecule has 1 atom stereocenters. The summed E-state index contributed by atoms with van der Waals surface area (Å²) in [5.41, 5.74) is 0.589. The lowest BCUT2D eigenvalue weighted by molar-refractivity contribution is -0.126. The van der Waals surface area contributed by atoms with Crippen LogP contribution in [0, 0.1) is 5.82 Å². The van der Waals surface area contributed by atoms with Crippen LogP contribution in [0.4, 0.5) is 4.39 Å². The summed E-state index contributed by atoms with van der Waals surface area (Å²) in [5, 5.41) is 0. The molecule has 1 aromatic rings. The molecule has 1 amide bonds. The maximum Gasteiger partial charge on any atom is 0.246 e. The molecule has 1 aromatic carbocycles. The Morgan fingerprint density at radius 2 is 2.20 bits per heavy atom. The summed E-state index contributed by atoms with van der Waals surface area (Å²) < 4.78 is 35.8. The summed E-state index contributed by atoms with van der Waals surface area (Å²) in [7, 11) is -1.43. The van der Waals surface area contributed by atoms with Gasteiger partial charge in [-0.25, -0.2) is 12.8 Å². The topological polar surface area (TPSA) is 54.5 Å². The minimum absolute atomic E-state index is 0.0169. The quantitative estimate of drug-likeness (QED) is 0.794. The number of rotatable bonds is 3. The van der Waals surface area contributed by atoms with Gasteiger partial charge in [0.1, 0.15) is 5.82 Å². The number of carbonyl (C=O) groups is 1. The van der Waals surface area contributed by atoms with Crippen molar-refractivity contribution in [2.45, 2.75) is 12.5 Å². The molecular formula is C14H16FNO3S. The summed E-state index contributed by atoms with van der Waals surface area (Å²) in [4.78, 5) is 13.4. The van der Waals surface area contributed by atoms with Crippen molar-refractivity contribution in [1.29, 1.82) is 0 Å². The van der Waals surface area contributed by atoms with E-state index in [4.69, 9.17) is 0 Å². The zero-order valence-electron chi connectivity index (χ0n) is 11.1. The molecule has 1 aliphatic heterocycles. The van der Waals surface area contributed by atoms with E-state index in [1.165, 1.54) is 29.2 Å². The fourth-order valence-corrected chi connectivity index (χ4v) is 3.93. The molecule has 0 bridgehead atoms. The molecule has 2 rings (SSSR count). The number of hydrogen-bond acceptors (Lipinski definition) is 3. The van der Waals surface area contributed by atoms with E-state index in [1.807, 2.05) is 0 Å². The molecule has 108 valence electrons. The number of halogens is 1. The normalized spacial score (nSPS) is 21.2. The molecule has 4 nitrogen and oxygen atoms in total. The maximum absolute atomic E-state index is 13.0. The van der Waals surface area contributed by atoms with Gasteiger partial charge in [-0.1, -0.05) is 12.1 Å². The van der Waals surface area contributed by atoms with Gasteiger partial charge in [-0.15, -0.1) is 0 Å². The Bertz CT molecular complexity index is 640. The Hall–Kier alpha value is -1.69. The van der Waals surface area contributed by atoms with Crippen LogP contribution in [-0.2, 0) is 14.6 Å². The van der Waals surface area contributed by atoms with E-state index in [2.05, 4.69) is 0 Å². The van der Waals surface area contributed by atoms with Gasteiger partial charge in [0.15, 0.2) is 9.84 Å². The zero-order valence-corrected chi connectivity index (χ0v) is 11.9. The number of nitrogens with zero attached hydrogens (tertiary/aromatic N) is 1. The van der Waals surface area contributed by atoms with Gasteiger partial charge in [0.25, 0.3) is 0 Å². The van der Waals surface area contributed by atoms with Crippen molar-refractivity contribution in [2.24, 2.45) is 0 Å². The Morgan fingerprint density at radius 3 is 2.80 bits per heavy atom. The van der Waals surface area contributed by atoms with E-state index in [0.29, 0.717) is 12.0 Å². The number of benzene rings is 1. The standard InChI is InChI=1S/C14H16FNO3S/c1-16(13-7-8-20(18,19)10-13)14(17)6-5-11-3-2-4-12(15)9-11/h2-6,9,13H,7-8,10H2,1H3/b6-5+. The molecule has 1 fully saturated rings. The first kappa shape index (κ1) is 14.7. The van der Waals surface area contributed by atoms with E-state index in [-0.39, 0.29) is 29.3 Å². The Morgan fingerprint density at radius 1 is 1.45 bits per heavy atom. The molecule has 0 radical (unpaired) electrons. The van der Waals surface area contributed by atoms with Crippen LogP contribution in [-0.4, -0.2) is 43.8 Å². The first-order valence-electron chi connectivity index (χ1n) is 6.28. The van der Waals surface area contributed by atoms with Crippen molar-refractivity contribution in [1.82, 2.24) is 4.90 Å². The Labute approximate surface area is 117 Å². The Balaban J connectivity index is 2.01. The SMILES string of the molecule is CN(C(=O)/C=C/c1cccc(F)c1)C1CCS(=O)(=O)C1. The fourth-order valence-electron chi connectivity index (χ4n) is 2.16. The van der Waals surface area contributed by atoms with Crippen molar-refractivity contribution in [3.8, 4) is 0 Å². The summed E-state index contributed by atoms with van der Waals surface area (Å²) in [6.45, 7) is 0. The molecule has 20 heavy (non-hydrogen) atoms. The minimum atomic E-state index is -3.01. The molecule has 1 heterocycles. The summed E-state index contributed by atoms with van der Waals surface area (Å²) in [5.74, 6) is -0.502. The molecule has 1 unspecified atom stereocenters. The molecule has 0 aromatic heterocycles. The van der Waals surface area contributed by atoms with E-state index < -0.39 is 9.84 Å². The van der Waals surface area contributed by atoms with Crippen molar-refractivity contribution < 1.29 is 17.6 Å². The molecule has 0 saturated carbocycles. The van der Waals surface area contributed by atoms with Crippen LogP contribution in [0.15, 0.2) is 30.3 Å². The van der Waals surface area contributed by atoms with Gasteiger partial charge in [-0.3, -0.25) is 4.79 Å². The number of likely N-dealkylation sites (N-methyl/N-ethyl adjacent to an activating group) is 1. The highest BCUT2D eigenvalue weighted by molar-refractivity contribution is 7.91. The molecule has 0 spiro atoms. The number of hydrogen-bond donors (Lipinski definition) is 0. The third-order valence-electron chi connectivity index (χ3n) is 3.37. The number of sulfone groups is 1. The second-order valence-electron chi connectivity index (χ2n) is 4.89. The largest absolute Gasteiger partial charge is 0.338 e. The second kappa shape index (κ2) is 5.75. The highest BCUT2D eigenvalue weighted by Crippen LogP contribution is 2.17. The minimum Gasteiger partial charge on any atom is -0.338 e. The molecule has 6 heteroatoms. The van der Waals surface area contributed by atoms with Gasteiger partial charge in [-0.05, 0) is 30.2 Å². The number of amides is 1. The van der Waals surface area contributed by atoms with E-state index in [1.54, 1.807) is 19.2 Å². The molecule has 0 N–H and O–H groups in total. The van der Waals surface area contributed by atoms with E-state index >= 15 is 0 Å². The summed E-state index contributed by atoms with van der Waals surface area (Å²) in [6.07, 6.45) is 3.32. The van der Waals surface area contributed by atoms with Gasteiger partial charge in [0.2, 0.25) is 5.91 Å². The fraction of sp³-hybridized carbons (Fsp3) is 0.357. The van der Waals surface area contributed by atoms with E-state index in [0.717, 1.165) is 0 Å². The van der Waals surface area contributed by atoms with Crippen LogP contribution < -0.4 is 0 Å². The van der Waals surface area contributed by atoms with Crippen LogP contribution in [0.3, 0.4) is 0 Å². The third-order valence-corrected chi connectivity index (χ3v) is 5.12. The van der Waals surface area contributed by atoms with Crippen LogP contribution >= 0.6 is 0 Å². The van der Waals surface area contributed by atoms with Gasteiger partial charge in [-0.2, -0.15) is 0 Å². The first-order chi connectivity index (χ1) is 9.37. The highest BCUT2D eigenvalue weighted by atomic mass is 32.2. The van der Waals surface area contributed by atoms with E-state index in [9.17, 15) is 17.6 Å². The average molecular weight is 297 g/mol. The second-order valence-corrected chi connectivity index (χ2v) is 7.12. The molecule has 1 saturated heterocycles. The summed E-state index contributed by atoms with van der Waals surface area (Å²) in [6, 6.07) is 5.63. The molecule has 0 aliphatic carbocycles. The van der Waals surface area contributed by atoms with Crippen LogP contribution in [0.1, 0.15) is 12.0 Å². The van der Waals surface area contributed by atoms with Crippen LogP contribution in [0.25, 0.3) is 6.08 Å². The lowest BCUT2D eigenvalue weighted by Crippen LogP contribution is -2.36. The average Bonchev–Trinajstić information content (AvgIpc) is 2.75. The van der Waals surface area contributed by atoms with Crippen LogP contribution in [0.2, 0.25) is 0 Å². The van der Waals surface area contributed by atoms with Crippen LogP contribution in [0.5, 0.6) is 0 Å². The van der Waals surface area contributed by atoms with Crippen molar-refractivity contribution in [2.75, 3.05) is 18.6 Å². The lowest BCUT2D eigenvalue weighted by Gasteiger charge is -2.21. The number of carbonyl (C=O) groups excluding carboxylic acids is 1. The first-order valence-corrected chi connectivity index (χ1v) is 8.10. The predicted octanol–water partition coefficient (Wildman–Crippen LogP) is 1.48. The van der Waals surface area contributed by atoms with Gasteiger partial charge in [0.05, 0.1) is 11.5 Å². The monoisotopic (exact) mass is 297 g/mol. The van der Waals surface area contributed by atoms with Crippen molar-refractivity contribution >= 4 is 21.8 Å². The lowest BCUT2D eigenvalue weighted by atomic mass is 10.2. The maximum atomic E-state index is 13.0. The highest BCUT2D eigenvalue weighted by Gasteiger charge is 2.31. The molecule has 1 aliphatic rings. The smallest absolute Gasteiger partial charge is 0.246 e. The third kappa shape index (κ3) is 3.66. The predicted molar refractivity (Wildman–Crippen MR) is 75.3 cm³/mol. The van der Waals surface area contributed by atoms with Crippen molar-refractivity contribution in [3.63, 3.8) is 0 Å². The van der Waals surface area contributed by atoms with Gasteiger partial charge >= 0.3 is 0 Å². The van der Waals surface area contributed by atoms with Gasteiger partial charge < -0.3 is 4.90 Å².